The van der Waals surface area contributed by atoms with Gasteiger partial charge in [-0.25, -0.2) is 13.1 Å². The Morgan fingerprint density at radius 3 is 2.08 bits per heavy atom. The fourth-order valence-corrected chi connectivity index (χ4v) is 2.06. The van der Waals surface area contributed by atoms with Crippen molar-refractivity contribution in [1.29, 1.82) is 0 Å². The van der Waals surface area contributed by atoms with Gasteiger partial charge in [-0.1, -0.05) is 13.8 Å². The van der Waals surface area contributed by atoms with Crippen LogP contribution in [-0.4, -0.2) is 33.8 Å². The highest BCUT2D eigenvalue weighted by atomic mass is 32.2. The smallest absolute Gasteiger partial charge is 0.215 e. The molecule has 0 rings (SSSR count). The Labute approximate surface area is 81.2 Å². The second kappa shape index (κ2) is 5.57. The van der Waals surface area contributed by atoms with Crippen molar-refractivity contribution < 1.29 is 8.42 Å². The van der Waals surface area contributed by atoms with Crippen LogP contribution in [0.5, 0.6) is 0 Å². The molecule has 0 aromatic rings. The molecule has 0 fully saturated rings. The molecule has 0 aromatic carbocycles. The zero-order valence-electron chi connectivity index (χ0n) is 8.79. The Kier molecular flexibility index (Phi) is 5.51. The van der Waals surface area contributed by atoms with Crippen molar-refractivity contribution in [3.63, 3.8) is 0 Å². The SMILES string of the molecule is CNCC(C)S(=O)(=O)NCC(C)C. The minimum Gasteiger partial charge on any atom is -0.318 e. The standard InChI is InChI=1S/C8H20N2O2S/c1-7(2)5-10-13(11,12)8(3)6-9-4/h7-10H,5-6H2,1-4H3. The van der Waals surface area contributed by atoms with Crippen LogP contribution in [0.25, 0.3) is 0 Å². The van der Waals surface area contributed by atoms with Gasteiger partial charge < -0.3 is 5.32 Å². The van der Waals surface area contributed by atoms with Crippen LogP contribution >= 0.6 is 0 Å². The molecule has 4 nitrogen and oxygen atoms in total. The van der Waals surface area contributed by atoms with Crippen LogP contribution in [0.15, 0.2) is 0 Å². The van der Waals surface area contributed by atoms with Crippen molar-refractivity contribution in [2.24, 2.45) is 5.92 Å². The third-order valence-electron chi connectivity index (χ3n) is 1.71. The van der Waals surface area contributed by atoms with E-state index in [9.17, 15) is 8.42 Å². The van der Waals surface area contributed by atoms with Crippen LogP contribution < -0.4 is 10.0 Å². The van der Waals surface area contributed by atoms with Crippen LogP contribution in [0.1, 0.15) is 20.8 Å². The second-order valence-electron chi connectivity index (χ2n) is 3.66. The van der Waals surface area contributed by atoms with Gasteiger partial charge in [-0.3, -0.25) is 0 Å². The van der Waals surface area contributed by atoms with Crippen molar-refractivity contribution in [1.82, 2.24) is 10.0 Å². The molecule has 80 valence electrons. The second-order valence-corrected chi connectivity index (χ2v) is 5.84. The lowest BCUT2D eigenvalue weighted by Crippen LogP contribution is -2.39. The highest BCUT2D eigenvalue weighted by Gasteiger charge is 2.19. The summed E-state index contributed by atoms with van der Waals surface area (Å²) < 4.78 is 25.5. The first-order valence-corrected chi connectivity index (χ1v) is 6.08. The van der Waals surface area contributed by atoms with Crippen molar-refractivity contribution in [2.45, 2.75) is 26.0 Å². The van der Waals surface area contributed by atoms with Gasteiger partial charge in [-0.2, -0.15) is 0 Å². The van der Waals surface area contributed by atoms with E-state index in [-0.39, 0.29) is 5.25 Å². The molecular formula is C8H20N2O2S. The van der Waals surface area contributed by atoms with Gasteiger partial charge in [0.05, 0.1) is 5.25 Å². The zero-order chi connectivity index (χ0) is 10.5. The van der Waals surface area contributed by atoms with E-state index in [1.54, 1.807) is 14.0 Å². The predicted octanol–water partition coefficient (Wildman–Crippen LogP) is 0.170. The maximum Gasteiger partial charge on any atom is 0.215 e. The molecule has 0 aliphatic carbocycles. The van der Waals surface area contributed by atoms with Crippen molar-refractivity contribution in [3.05, 3.63) is 0 Å². The Bertz CT molecular complexity index is 224. The Balaban J connectivity index is 4.07. The molecule has 0 aliphatic rings. The van der Waals surface area contributed by atoms with Gasteiger partial charge >= 0.3 is 0 Å². The maximum atomic E-state index is 11.5. The summed E-state index contributed by atoms with van der Waals surface area (Å²) in [6.07, 6.45) is 0. The molecule has 2 N–H and O–H groups in total. The predicted molar refractivity (Wildman–Crippen MR) is 55.1 cm³/mol. The molecule has 0 aromatic heterocycles. The van der Waals surface area contributed by atoms with Gasteiger partial charge in [0.15, 0.2) is 0 Å². The van der Waals surface area contributed by atoms with Crippen LogP contribution in [0, 0.1) is 5.92 Å². The molecule has 5 heteroatoms. The Morgan fingerprint density at radius 2 is 1.69 bits per heavy atom. The average molecular weight is 208 g/mol. The first-order valence-electron chi connectivity index (χ1n) is 4.53. The van der Waals surface area contributed by atoms with E-state index in [2.05, 4.69) is 10.0 Å². The molecule has 0 spiro atoms. The minimum absolute atomic E-state index is 0.344. The normalized spacial score (nSPS) is 14.8. The van der Waals surface area contributed by atoms with E-state index in [4.69, 9.17) is 0 Å². The van der Waals surface area contributed by atoms with Crippen LogP contribution in [0.3, 0.4) is 0 Å². The van der Waals surface area contributed by atoms with E-state index < -0.39 is 10.0 Å². The van der Waals surface area contributed by atoms with Crippen molar-refractivity contribution in [3.8, 4) is 0 Å². The molecule has 0 heterocycles. The molecule has 0 bridgehead atoms. The topological polar surface area (TPSA) is 58.2 Å². The molecule has 13 heavy (non-hydrogen) atoms. The molecule has 0 aliphatic heterocycles. The first kappa shape index (κ1) is 12.9. The molecule has 0 saturated heterocycles. The fraction of sp³-hybridized carbons (Fsp3) is 1.00. The third kappa shape index (κ3) is 5.23. The molecule has 1 atom stereocenters. The summed E-state index contributed by atoms with van der Waals surface area (Å²) in [5, 5.41) is 2.46. The van der Waals surface area contributed by atoms with Gasteiger partial charge in [0.1, 0.15) is 0 Å². The fourth-order valence-electron chi connectivity index (χ4n) is 0.822. The number of hydrogen-bond donors (Lipinski definition) is 2. The zero-order valence-corrected chi connectivity index (χ0v) is 9.61. The number of rotatable bonds is 6. The van der Waals surface area contributed by atoms with Crippen molar-refractivity contribution >= 4 is 10.0 Å². The van der Waals surface area contributed by atoms with Gasteiger partial charge in [-0.05, 0) is 19.9 Å². The number of hydrogen-bond acceptors (Lipinski definition) is 3. The number of nitrogens with one attached hydrogen (secondary N) is 2. The Hall–Kier alpha value is -0.130. The van der Waals surface area contributed by atoms with Gasteiger partial charge in [0.25, 0.3) is 0 Å². The molecule has 0 radical (unpaired) electrons. The van der Waals surface area contributed by atoms with E-state index in [1.807, 2.05) is 13.8 Å². The van der Waals surface area contributed by atoms with Crippen molar-refractivity contribution in [2.75, 3.05) is 20.1 Å². The van der Waals surface area contributed by atoms with Gasteiger partial charge in [-0.15, -0.1) is 0 Å². The monoisotopic (exact) mass is 208 g/mol. The summed E-state index contributed by atoms with van der Waals surface area (Å²) in [6, 6.07) is 0. The summed E-state index contributed by atoms with van der Waals surface area (Å²) in [4.78, 5) is 0. The van der Waals surface area contributed by atoms with Crippen LogP contribution in [0.2, 0.25) is 0 Å². The molecule has 1 unspecified atom stereocenters. The lowest BCUT2D eigenvalue weighted by molar-refractivity contribution is 0.545. The van der Waals surface area contributed by atoms with E-state index >= 15 is 0 Å². The quantitative estimate of drug-likeness (QED) is 0.654. The summed E-state index contributed by atoms with van der Waals surface area (Å²) in [5.74, 6) is 0.344. The lowest BCUT2D eigenvalue weighted by Gasteiger charge is -2.14. The van der Waals surface area contributed by atoms with Crippen LogP contribution in [-0.2, 0) is 10.0 Å². The van der Waals surface area contributed by atoms with Crippen LogP contribution in [0.4, 0.5) is 0 Å². The largest absolute Gasteiger partial charge is 0.318 e. The summed E-state index contributed by atoms with van der Waals surface area (Å²) >= 11 is 0. The lowest BCUT2D eigenvalue weighted by atomic mass is 10.2. The molecular weight excluding hydrogens is 188 g/mol. The highest BCUT2D eigenvalue weighted by Crippen LogP contribution is 1.98. The summed E-state index contributed by atoms with van der Waals surface area (Å²) in [6.45, 7) is 6.64. The van der Waals surface area contributed by atoms with E-state index in [0.717, 1.165) is 0 Å². The first-order chi connectivity index (χ1) is 5.90. The third-order valence-corrected chi connectivity index (χ3v) is 3.51. The summed E-state index contributed by atoms with van der Waals surface area (Å²) in [7, 11) is -1.39. The van der Waals surface area contributed by atoms with E-state index in [1.165, 1.54) is 0 Å². The Morgan fingerprint density at radius 1 is 1.15 bits per heavy atom. The molecule has 0 amide bonds. The summed E-state index contributed by atoms with van der Waals surface area (Å²) in [5.41, 5.74) is 0. The molecule has 0 saturated carbocycles. The van der Waals surface area contributed by atoms with Gasteiger partial charge in [0.2, 0.25) is 10.0 Å². The van der Waals surface area contributed by atoms with E-state index in [0.29, 0.717) is 19.0 Å². The van der Waals surface area contributed by atoms with Gasteiger partial charge in [0, 0.05) is 13.1 Å². The number of sulfonamides is 1. The minimum atomic E-state index is -3.13. The highest BCUT2D eigenvalue weighted by molar-refractivity contribution is 7.90. The average Bonchev–Trinajstić information content (AvgIpc) is 2.01. The maximum absolute atomic E-state index is 11.5.